The Balaban J connectivity index is 3.01. The number of halogens is 2. The monoisotopic (exact) mass is 319 g/mol. The van der Waals surface area contributed by atoms with Gasteiger partial charge in [0.2, 0.25) is 0 Å². The molecule has 0 aliphatic heterocycles. The summed E-state index contributed by atoms with van der Waals surface area (Å²) in [6, 6.07) is 5.43. The van der Waals surface area contributed by atoms with Crippen molar-refractivity contribution in [3.05, 3.63) is 26.6 Å². The van der Waals surface area contributed by atoms with Crippen LogP contribution in [-0.4, -0.2) is 13.9 Å². The van der Waals surface area contributed by atoms with E-state index in [1.807, 2.05) is 6.07 Å². The number of hydrogen-bond acceptors (Lipinski definition) is 3. The van der Waals surface area contributed by atoms with E-state index in [0.29, 0.717) is 11.3 Å². The van der Waals surface area contributed by atoms with E-state index in [1.165, 1.54) is 0 Å². The average molecular weight is 321 g/mol. The molecule has 1 aromatic rings. The predicted molar refractivity (Wildman–Crippen MR) is 59.1 cm³/mol. The van der Waals surface area contributed by atoms with Crippen molar-refractivity contribution in [2.45, 2.75) is 0 Å². The molecule has 0 unspecified atom stereocenters. The number of rotatable bonds is 3. The van der Waals surface area contributed by atoms with E-state index in [9.17, 15) is 0 Å². The minimum absolute atomic E-state index is 0.170. The zero-order chi connectivity index (χ0) is 10.6. The summed E-state index contributed by atoms with van der Waals surface area (Å²) in [5.74, 6) is 0.630. The van der Waals surface area contributed by atoms with Gasteiger partial charge in [0.1, 0.15) is 0 Å². The van der Waals surface area contributed by atoms with Crippen LogP contribution in [0.1, 0.15) is 5.56 Å². The van der Waals surface area contributed by atoms with Gasteiger partial charge in [0.15, 0.2) is 12.5 Å². The van der Waals surface area contributed by atoms with Gasteiger partial charge in [0.05, 0.1) is 20.6 Å². The third-order valence-corrected chi connectivity index (χ3v) is 2.63. The first-order valence-corrected chi connectivity index (χ1v) is 5.28. The molecule has 0 bridgehead atoms. The van der Waals surface area contributed by atoms with E-state index < -0.39 is 0 Å². The van der Waals surface area contributed by atoms with Gasteiger partial charge < -0.3 is 9.47 Å². The number of nitriles is 1. The van der Waals surface area contributed by atoms with Crippen molar-refractivity contribution in [1.29, 1.82) is 5.26 Å². The van der Waals surface area contributed by atoms with Gasteiger partial charge >= 0.3 is 0 Å². The molecule has 0 saturated carbocycles. The molecule has 0 atom stereocenters. The van der Waals surface area contributed by atoms with Crippen LogP contribution in [0.2, 0.25) is 0 Å². The van der Waals surface area contributed by atoms with Gasteiger partial charge in [-0.1, -0.05) is 0 Å². The number of hydrogen-bond donors (Lipinski definition) is 0. The van der Waals surface area contributed by atoms with Crippen LogP contribution < -0.4 is 4.74 Å². The molecule has 5 heteroatoms. The van der Waals surface area contributed by atoms with Crippen molar-refractivity contribution in [3.8, 4) is 11.8 Å². The number of methoxy groups -OCH3 is 1. The lowest BCUT2D eigenvalue weighted by molar-refractivity contribution is 0.0500. The Kier molecular flexibility index (Phi) is 4.39. The topological polar surface area (TPSA) is 42.2 Å². The minimum atomic E-state index is 0.170. The zero-order valence-electron chi connectivity index (χ0n) is 7.38. The van der Waals surface area contributed by atoms with E-state index in [4.69, 9.17) is 14.7 Å². The summed E-state index contributed by atoms with van der Waals surface area (Å²) in [7, 11) is 1.55. The molecule has 0 aromatic heterocycles. The summed E-state index contributed by atoms with van der Waals surface area (Å²) < 4.78 is 11.5. The SMILES string of the molecule is COCOc1c(Br)cc(C#N)cc1Br. The Morgan fingerprint density at radius 3 is 2.36 bits per heavy atom. The van der Waals surface area contributed by atoms with E-state index in [1.54, 1.807) is 19.2 Å². The molecule has 0 aliphatic rings. The molecule has 14 heavy (non-hydrogen) atoms. The van der Waals surface area contributed by atoms with Crippen molar-refractivity contribution in [2.75, 3.05) is 13.9 Å². The first-order chi connectivity index (χ1) is 6.69. The van der Waals surface area contributed by atoms with Gasteiger partial charge in [-0.25, -0.2) is 0 Å². The minimum Gasteiger partial charge on any atom is -0.465 e. The highest BCUT2D eigenvalue weighted by Gasteiger charge is 2.08. The summed E-state index contributed by atoms with van der Waals surface area (Å²) in [5, 5.41) is 8.70. The first kappa shape index (κ1) is 11.5. The molecule has 0 radical (unpaired) electrons. The maximum Gasteiger partial charge on any atom is 0.188 e. The summed E-state index contributed by atoms with van der Waals surface area (Å²) in [6.07, 6.45) is 0. The van der Waals surface area contributed by atoms with Crippen LogP contribution in [0.4, 0.5) is 0 Å². The van der Waals surface area contributed by atoms with Crippen LogP contribution in [0, 0.1) is 11.3 Å². The molecule has 0 fully saturated rings. The molecule has 74 valence electrons. The lowest BCUT2D eigenvalue weighted by atomic mass is 10.2. The Bertz CT molecular complexity index is 351. The number of benzene rings is 1. The summed E-state index contributed by atoms with van der Waals surface area (Å²) in [4.78, 5) is 0. The Hall–Kier alpha value is -0.570. The average Bonchev–Trinajstić information content (AvgIpc) is 2.16. The third kappa shape index (κ3) is 2.71. The van der Waals surface area contributed by atoms with E-state index in [2.05, 4.69) is 31.9 Å². The molecule has 3 nitrogen and oxygen atoms in total. The highest BCUT2D eigenvalue weighted by molar-refractivity contribution is 9.11. The first-order valence-electron chi connectivity index (χ1n) is 3.70. The Morgan fingerprint density at radius 2 is 1.93 bits per heavy atom. The van der Waals surface area contributed by atoms with Crippen molar-refractivity contribution in [1.82, 2.24) is 0 Å². The maximum absolute atomic E-state index is 8.70. The quantitative estimate of drug-likeness (QED) is 0.804. The van der Waals surface area contributed by atoms with Crippen molar-refractivity contribution >= 4 is 31.9 Å². The molecule has 1 aromatic carbocycles. The van der Waals surface area contributed by atoms with Crippen LogP contribution >= 0.6 is 31.9 Å². The smallest absolute Gasteiger partial charge is 0.188 e. The highest BCUT2D eigenvalue weighted by atomic mass is 79.9. The van der Waals surface area contributed by atoms with Crippen LogP contribution in [0.25, 0.3) is 0 Å². The molecular weight excluding hydrogens is 314 g/mol. The largest absolute Gasteiger partial charge is 0.465 e. The van der Waals surface area contributed by atoms with Crippen LogP contribution in [0.15, 0.2) is 21.1 Å². The predicted octanol–water partition coefficient (Wildman–Crippen LogP) is 3.07. The molecule has 0 amide bonds. The molecule has 1 rings (SSSR count). The second-order valence-electron chi connectivity index (χ2n) is 2.43. The zero-order valence-corrected chi connectivity index (χ0v) is 10.6. The molecule has 0 aliphatic carbocycles. The molecule has 0 heterocycles. The third-order valence-electron chi connectivity index (χ3n) is 1.45. The number of nitrogens with zero attached hydrogens (tertiary/aromatic N) is 1. The van der Waals surface area contributed by atoms with Gasteiger partial charge in [0.25, 0.3) is 0 Å². The highest BCUT2D eigenvalue weighted by Crippen LogP contribution is 2.34. The standard InChI is InChI=1S/C9H7Br2NO2/c1-13-5-14-9-7(10)2-6(4-12)3-8(9)11/h2-3H,5H2,1H3. The summed E-state index contributed by atoms with van der Waals surface area (Å²) in [5.41, 5.74) is 0.563. The van der Waals surface area contributed by atoms with E-state index >= 15 is 0 Å². The molecule has 0 N–H and O–H groups in total. The molecule has 0 saturated heterocycles. The van der Waals surface area contributed by atoms with Crippen LogP contribution in [-0.2, 0) is 4.74 Å². The van der Waals surface area contributed by atoms with Gasteiger partial charge in [-0.3, -0.25) is 0 Å². The van der Waals surface area contributed by atoms with Gasteiger partial charge in [-0.15, -0.1) is 0 Å². The molecule has 0 spiro atoms. The number of ether oxygens (including phenoxy) is 2. The van der Waals surface area contributed by atoms with Crippen LogP contribution in [0.5, 0.6) is 5.75 Å². The van der Waals surface area contributed by atoms with E-state index in [-0.39, 0.29) is 6.79 Å². The maximum atomic E-state index is 8.70. The van der Waals surface area contributed by atoms with Crippen LogP contribution in [0.3, 0.4) is 0 Å². The Morgan fingerprint density at radius 1 is 1.36 bits per heavy atom. The second-order valence-corrected chi connectivity index (χ2v) is 4.14. The van der Waals surface area contributed by atoms with Crippen molar-refractivity contribution in [3.63, 3.8) is 0 Å². The fourth-order valence-corrected chi connectivity index (χ4v) is 2.30. The van der Waals surface area contributed by atoms with Crippen molar-refractivity contribution < 1.29 is 9.47 Å². The second kappa shape index (κ2) is 5.35. The Labute approximate surface area is 98.9 Å². The summed E-state index contributed by atoms with van der Waals surface area (Å²) >= 11 is 6.61. The van der Waals surface area contributed by atoms with Gasteiger partial charge in [-0.05, 0) is 44.0 Å². The van der Waals surface area contributed by atoms with E-state index in [0.717, 1.165) is 8.95 Å². The normalized spacial score (nSPS) is 9.57. The van der Waals surface area contributed by atoms with Gasteiger partial charge in [-0.2, -0.15) is 5.26 Å². The summed E-state index contributed by atoms with van der Waals surface area (Å²) in [6.45, 7) is 0.170. The van der Waals surface area contributed by atoms with Crippen molar-refractivity contribution in [2.24, 2.45) is 0 Å². The lowest BCUT2D eigenvalue weighted by Crippen LogP contribution is -2.00. The lowest BCUT2D eigenvalue weighted by Gasteiger charge is -2.09. The van der Waals surface area contributed by atoms with Gasteiger partial charge in [0, 0.05) is 7.11 Å². The molecular formula is C9H7Br2NO2. The fourth-order valence-electron chi connectivity index (χ4n) is 0.880. The fraction of sp³-hybridized carbons (Fsp3) is 0.222.